The molecule has 0 bridgehead atoms. The minimum atomic E-state index is -1.74. The zero-order valence-corrected chi connectivity index (χ0v) is 9.24. The molecule has 0 spiro atoms. The lowest BCUT2D eigenvalue weighted by Crippen LogP contribution is -2.10. The van der Waals surface area contributed by atoms with Crippen LogP contribution in [-0.2, 0) is 9.09 Å². The van der Waals surface area contributed by atoms with Gasteiger partial charge >= 0.3 is 13.9 Å². The third kappa shape index (κ3) is 3.09. The number of ether oxygens (including phenoxy) is 1. The normalized spacial score (nSPS) is 13.4. The third-order valence-electron chi connectivity index (χ3n) is 1.78. The second kappa shape index (κ2) is 5.74. The number of hydrogen-bond donors (Lipinski definition) is 0. The summed E-state index contributed by atoms with van der Waals surface area (Å²) in [6, 6.07) is 9.33. The van der Waals surface area contributed by atoms with Crippen LogP contribution in [0, 0.1) is 0 Å². The van der Waals surface area contributed by atoms with Crippen molar-refractivity contribution in [3.63, 3.8) is 0 Å². The predicted molar refractivity (Wildman–Crippen MR) is 55.8 cm³/mol. The lowest BCUT2D eigenvalue weighted by Gasteiger charge is -2.06. The first-order valence-corrected chi connectivity index (χ1v) is 5.74. The maximum absolute atomic E-state index is 11.3. The Balaban J connectivity index is 2.62. The van der Waals surface area contributed by atoms with Crippen LogP contribution in [0.25, 0.3) is 0 Å². The van der Waals surface area contributed by atoms with Crippen LogP contribution in [0.4, 0.5) is 0 Å². The minimum Gasteiger partial charge on any atom is -0.444 e. The Kier molecular flexibility index (Phi) is 4.57. The van der Waals surface area contributed by atoms with Crippen LogP contribution in [0.3, 0.4) is 0 Å². The second-order valence-electron chi connectivity index (χ2n) is 2.76. The molecule has 0 radical (unpaired) electrons. The van der Waals surface area contributed by atoms with Gasteiger partial charge < -0.3 is 4.74 Å². The Morgan fingerprint density at radius 2 is 2.00 bits per heavy atom. The molecule has 0 saturated heterocycles. The van der Waals surface area contributed by atoms with Crippen molar-refractivity contribution < 1.29 is 13.8 Å². The third-order valence-corrected chi connectivity index (χ3v) is 3.08. The maximum atomic E-state index is 11.3. The molecule has 0 saturated carbocycles. The van der Waals surface area contributed by atoms with Crippen LogP contribution in [0.2, 0.25) is 0 Å². The largest absolute Gasteiger partial charge is 0.553 e. The molecule has 0 aliphatic heterocycles. The number of benzene rings is 1. The van der Waals surface area contributed by atoms with Crippen molar-refractivity contribution in [3.05, 3.63) is 30.3 Å². The first kappa shape index (κ1) is 11.2. The molecule has 0 aliphatic carbocycles. The Morgan fingerprint density at radius 3 is 2.50 bits per heavy atom. The fraction of sp³-hybridized carbons (Fsp3) is 0.400. The van der Waals surface area contributed by atoms with E-state index in [1.54, 1.807) is 0 Å². The van der Waals surface area contributed by atoms with Gasteiger partial charge in [0.1, 0.15) is 5.75 Å². The van der Waals surface area contributed by atoms with Crippen molar-refractivity contribution in [2.45, 2.75) is 19.2 Å². The molecule has 1 aromatic rings. The first-order valence-electron chi connectivity index (χ1n) is 4.50. The van der Waals surface area contributed by atoms with Crippen LogP contribution in [-0.4, -0.2) is 13.0 Å². The van der Waals surface area contributed by atoms with Gasteiger partial charge in [0.05, 0.1) is 7.11 Å². The molecule has 0 aliphatic rings. The lowest BCUT2D eigenvalue weighted by molar-refractivity contribution is 0.248. The van der Waals surface area contributed by atoms with E-state index < -0.39 is 8.03 Å². The predicted octanol–water partition coefficient (Wildman–Crippen LogP) is 3.19. The van der Waals surface area contributed by atoms with Crippen molar-refractivity contribution in [2.24, 2.45) is 0 Å². The van der Waals surface area contributed by atoms with Gasteiger partial charge in [0.25, 0.3) is 0 Å². The van der Waals surface area contributed by atoms with Gasteiger partial charge in [-0.15, -0.1) is 4.52 Å². The van der Waals surface area contributed by atoms with Crippen molar-refractivity contribution in [3.8, 4) is 5.75 Å². The van der Waals surface area contributed by atoms with Gasteiger partial charge in [-0.05, 0) is 16.7 Å². The number of para-hydroxylation sites is 1. The molecule has 1 rings (SSSR count). The van der Waals surface area contributed by atoms with Gasteiger partial charge in [-0.25, -0.2) is 0 Å². The summed E-state index contributed by atoms with van der Waals surface area (Å²) in [5.74, 6) is 0.358. The van der Waals surface area contributed by atoms with Gasteiger partial charge in [-0.2, -0.15) is 0 Å². The standard InChI is InChI=1S/C10H14O3P/c1-3-10(14(11)12-2)13-9-7-5-4-6-8-9/h4-8,10H,3H2,1-2H3/q+1. The quantitative estimate of drug-likeness (QED) is 0.704. The molecule has 2 unspecified atom stereocenters. The highest BCUT2D eigenvalue weighted by atomic mass is 31.1. The number of hydrogen-bond acceptors (Lipinski definition) is 3. The molecule has 0 amide bonds. The highest BCUT2D eigenvalue weighted by molar-refractivity contribution is 7.39. The molecule has 14 heavy (non-hydrogen) atoms. The van der Waals surface area contributed by atoms with E-state index in [2.05, 4.69) is 0 Å². The SMILES string of the molecule is CCC(Oc1ccccc1)[P+](=O)OC. The van der Waals surface area contributed by atoms with Crippen molar-refractivity contribution in [1.29, 1.82) is 0 Å². The fourth-order valence-electron chi connectivity index (χ4n) is 1.05. The summed E-state index contributed by atoms with van der Waals surface area (Å²) in [4.78, 5) is 0. The molecular weight excluding hydrogens is 199 g/mol. The average Bonchev–Trinajstić information content (AvgIpc) is 2.26. The van der Waals surface area contributed by atoms with Crippen LogP contribution in [0.15, 0.2) is 30.3 Å². The van der Waals surface area contributed by atoms with E-state index in [0.29, 0.717) is 6.42 Å². The van der Waals surface area contributed by atoms with Crippen LogP contribution in [0.1, 0.15) is 13.3 Å². The summed E-state index contributed by atoms with van der Waals surface area (Å²) in [6.45, 7) is 1.92. The van der Waals surface area contributed by atoms with Crippen LogP contribution >= 0.6 is 8.03 Å². The molecule has 0 heterocycles. The summed E-state index contributed by atoms with van der Waals surface area (Å²) in [7, 11) is -0.311. The maximum Gasteiger partial charge on any atom is 0.553 e. The van der Waals surface area contributed by atoms with E-state index in [-0.39, 0.29) is 5.85 Å². The zero-order valence-electron chi connectivity index (χ0n) is 8.34. The summed E-state index contributed by atoms with van der Waals surface area (Å²) in [5.41, 5.74) is 0. The number of rotatable bonds is 5. The smallest absolute Gasteiger partial charge is 0.444 e. The average molecular weight is 213 g/mol. The highest BCUT2D eigenvalue weighted by Crippen LogP contribution is 2.32. The fourth-order valence-corrected chi connectivity index (χ4v) is 1.79. The molecule has 0 aromatic heterocycles. The molecule has 4 heteroatoms. The monoisotopic (exact) mass is 213 g/mol. The summed E-state index contributed by atoms with van der Waals surface area (Å²) in [6.07, 6.45) is 0.665. The second-order valence-corrected chi connectivity index (χ2v) is 4.27. The van der Waals surface area contributed by atoms with Gasteiger partial charge in [0, 0.05) is 6.42 Å². The van der Waals surface area contributed by atoms with Crippen molar-refractivity contribution in [1.82, 2.24) is 0 Å². The van der Waals surface area contributed by atoms with Gasteiger partial charge in [0.2, 0.25) is 0 Å². The van der Waals surface area contributed by atoms with Crippen molar-refractivity contribution in [2.75, 3.05) is 7.11 Å². The molecule has 1 aromatic carbocycles. The molecule has 76 valence electrons. The Bertz CT molecular complexity index is 287. The van der Waals surface area contributed by atoms with Gasteiger partial charge in [-0.1, -0.05) is 25.1 Å². The highest BCUT2D eigenvalue weighted by Gasteiger charge is 2.31. The van der Waals surface area contributed by atoms with Crippen LogP contribution < -0.4 is 4.74 Å². The van der Waals surface area contributed by atoms with E-state index in [1.807, 2.05) is 37.3 Å². The Labute approximate surface area is 84.9 Å². The van der Waals surface area contributed by atoms with E-state index >= 15 is 0 Å². The topological polar surface area (TPSA) is 35.5 Å². The molecule has 0 fully saturated rings. The summed E-state index contributed by atoms with van der Waals surface area (Å²) in [5, 5.41) is 0. The summed E-state index contributed by atoms with van der Waals surface area (Å²) < 4.78 is 21.6. The Morgan fingerprint density at radius 1 is 1.36 bits per heavy atom. The summed E-state index contributed by atoms with van der Waals surface area (Å²) >= 11 is 0. The van der Waals surface area contributed by atoms with E-state index in [0.717, 1.165) is 5.75 Å². The minimum absolute atomic E-state index is 0.364. The molecule has 3 nitrogen and oxygen atoms in total. The van der Waals surface area contributed by atoms with E-state index in [4.69, 9.17) is 9.26 Å². The van der Waals surface area contributed by atoms with Crippen LogP contribution in [0.5, 0.6) is 5.75 Å². The zero-order chi connectivity index (χ0) is 10.4. The Hall–Kier alpha value is -0.920. The molecule has 2 atom stereocenters. The lowest BCUT2D eigenvalue weighted by atomic mass is 10.3. The molecule has 0 N–H and O–H groups in total. The van der Waals surface area contributed by atoms with E-state index in [9.17, 15) is 4.57 Å². The first-order chi connectivity index (χ1) is 6.77. The van der Waals surface area contributed by atoms with Gasteiger partial charge in [-0.3, -0.25) is 0 Å². The molecular formula is C10H14O3P+. The van der Waals surface area contributed by atoms with Crippen molar-refractivity contribution >= 4 is 8.03 Å². The van der Waals surface area contributed by atoms with E-state index in [1.165, 1.54) is 7.11 Å². The van der Waals surface area contributed by atoms with Gasteiger partial charge in [0.15, 0.2) is 0 Å².